The van der Waals surface area contributed by atoms with Crippen molar-refractivity contribution in [2.45, 2.75) is 30.7 Å². The first-order valence-electron chi connectivity index (χ1n) is 11.3. The number of nitrogens with zero attached hydrogens (tertiary/aromatic N) is 1. The maximum atomic E-state index is 13.0. The molecular weight excluding hydrogens is 460 g/mol. The number of morpholine rings is 1. The van der Waals surface area contributed by atoms with Gasteiger partial charge in [0.2, 0.25) is 15.9 Å². The van der Waals surface area contributed by atoms with Gasteiger partial charge in [0.05, 0.1) is 31.3 Å². The molecule has 9 nitrogen and oxygen atoms in total. The molecule has 10 heteroatoms. The second-order valence-corrected chi connectivity index (χ2v) is 10.1. The quantitative estimate of drug-likeness (QED) is 0.606. The Labute approximate surface area is 200 Å². The number of hydrogen-bond donors (Lipinski definition) is 1. The van der Waals surface area contributed by atoms with Gasteiger partial charge in [0.15, 0.2) is 11.5 Å². The van der Waals surface area contributed by atoms with Crippen molar-refractivity contribution in [2.75, 3.05) is 46.6 Å². The van der Waals surface area contributed by atoms with Crippen molar-refractivity contribution in [1.82, 2.24) is 9.62 Å². The van der Waals surface area contributed by atoms with Crippen LogP contribution < -0.4 is 19.5 Å². The third kappa shape index (κ3) is 5.45. The van der Waals surface area contributed by atoms with Crippen LogP contribution in [0.1, 0.15) is 30.5 Å². The van der Waals surface area contributed by atoms with E-state index in [2.05, 4.69) is 5.32 Å². The summed E-state index contributed by atoms with van der Waals surface area (Å²) in [6, 6.07) is 10.2. The molecule has 0 aromatic heterocycles. The lowest BCUT2D eigenvalue weighted by Crippen LogP contribution is -2.40. The predicted molar refractivity (Wildman–Crippen MR) is 125 cm³/mol. The van der Waals surface area contributed by atoms with Gasteiger partial charge in [-0.15, -0.1) is 0 Å². The summed E-state index contributed by atoms with van der Waals surface area (Å²) < 4.78 is 49.3. The van der Waals surface area contributed by atoms with Gasteiger partial charge in [-0.3, -0.25) is 4.79 Å². The first-order chi connectivity index (χ1) is 16.4. The highest BCUT2D eigenvalue weighted by Gasteiger charge is 2.27. The molecule has 0 bridgehead atoms. The number of methoxy groups -OCH3 is 1. The van der Waals surface area contributed by atoms with E-state index < -0.39 is 10.0 Å². The fourth-order valence-electron chi connectivity index (χ4n) is 4.02. The smallest absolute Gasteiger partial charge is 0.243 e. The minimum absolute atomic E-state index is 0.147. The average molecular weight is 491 g/mol. The van der Waals surface area contributed by atoms with Crippen molar-refractivity contribution >= 4 is 15.9 Å². The molecule has 2 aromatic carbocycles. The van der Waals surface area contributed by atoms with E-state index in [-0.39, 0.29) is 23.3 Å². The largest absolute Gasteiger partial charge is 0.496 e. The highest BCUT2D eigenvalue weighted by atomic mass is 32.2. The van der Waals surface area contributed by atoms with Gasteiger partial charge in [0.25, 0.3) is 0 Å². The molecule has 2 aliphatic heterocycles. The minimum atomic E-state index is -3.64. The molecule has 1 atom stereocenters. The Hall–Kier alpha value is -2.82. The van der Waals surface area contributed by atoms with Crippen LogP contribution in [-0.2, 0) is 26.0 Å². The van der Waals surface area contributed by atoms with Crippen LogP contribution >= 0.6 is 0 Å². The second kappa shape index (κ2) is 10.6. The number of aryl methyl sites for hydroxylation is 1. The lowest BCUT2D eigenvalue weighted by atomic mass is 10.1. The Bertz CT molecular complexity index is 1130. The third-order valence-corrected chi connectivity index (χ3v) is 7.82. The van der Waals surface area contributed by atoms with E-state index in [1.165, 1.54) is 17.5 Å². The summed E-state index contributed by atoms with van der Waals surface area (Å²) >= 11 is 0. The van der Waals surface area contributed by atoms with Crippen molar-refractivity contribution in [2.24, 2.45) is 0 Å². The molecule has 0 saturated carbocycles. The lowest BCUT2D eigenvalue weighted by Gasteiger charge is -2.26. The minimum Gasteiger partial charge on any atom is -0.496 e. The van der Waals surface area contributed by atoms with Gasteiger partial charge >= 0.3 is 0 Å². The normalized spacial score (nSPS) is 17.1. The predicted octanol–water partition coefficient (Wildman–Crippen LogP) is 2.30. The van der Waals surface area contributed by atoms with Crippen LogP contribution in [0.3, 0.4) is 0 Å². The fraction of sp³-hybridized carbons (Fsp3) is 0.458. The first-order valence-corrected chi connectivity index (χ1v) is 12.8. The average Bonchev–Trinajstić information content (AvgIpc) is 2.87. The van der Waals surface area contributed by atoms with E-state index in [9.17, 15) is 13.2 Å². The molecule has 0 spiro atoms. The van der Waals surface area contributed by atoms with E-state index >= 15 is 0 Å². The number of benzene rings is 2. The van der Waals surface area contributed by atoms with Crippen LogP contribution in [0, 0.1) is 0 Å². The third-order valence-electron chi connectivity index (χ3n) is 5.92. The van der Waals surface area contributed by atoms with Crippen LogP contribution in [0.5, 0.6) is 17.2 Å². The number of hydrogen-bond acceptors (Lipinski definition) is 7. The first kappa shape index (κ1) is 24.3. The SMILES string of the molecule is COc1ccc(S(=O)(=O)N2CCOCC2)cc1CCC(=O)N[C@@H](C)c1ccc2c(c1)OCCO2. The molecule has 2 heterocycles. The van der Waals surface area contributed by atoms with E-state index in [1.807, 2.05) is 25.1 Å². The van der Waals surface area contributed by atoms with Gasteiger partial charge in [-0.2, -0.15) is 4.31 Å². The maximum absolute atomic E-state index is 13.0. The van der Waals surface area contributed by atoms with E-state index in [1.54, 1.807) is 12.1 Å². The Morgan fingerprint density at radius 2 is 1.79 bits per heavy atom. The Kier molecular flexibility index (Phi) is 7.60. The zero-order chi connectivity index (χ0) is 24.1. The van der Waals surface area contributed by atoms with Gasteiger partial charge in [0.1, 0.15) is 19.0 Å². The van der Waals surface area contributed by atoms with Crippen LogP contribution in [0.15, 0.2) is 41.3 Å². The van der Waals surface area contributed by atoms with Gasteiger partial charge in [-0.1, -0.05) is 6.07 Å². The molecule has 1 amide bonds. The van der Waals surface area contributed by atoms with Crippen LogP contribution in [0.2, 0.25) is 0 Å². The molecule has 4 rings (SSSR count). The van der Waals surface area contributed by atoms with Crippen molar-refractivity contribution < 1.29 is 32.2 Å². The summed E-state index contributed by atoms with van der Waals surface area (Å²) in [5.41, 5.74) is 1.58. The second-order valence-electron chi connectivity index (χ2n) is 8.18. The summed E-state index contributed by atoms with van der Waals surface area (Å²) in [6.45, 7) is 4.33. The van der Waals surface area contributed by atoms with Crippen LogP contribution in [0.25, 0.3) is 0 Å². The summed E-state index contributed by atoms with van der Waals surface area (Å²) in [5.74, 6) is 1.78. The molecule has 0 unspecified atom stereocenters. The summed E-state index contributed by atoms with van der Waals surface area (Å²) in [4.78, 5) is 12.9. The van der Waals surface area contributed by atoms with Crippen molar-refractivity contribution in [3.63, 3.8) is 0 Å². The summed E-state index contributed by atoms with van der Waals surface area (Å²) in [5, 5.41) is 2.99. The standard InChI is InChI=1S/C24H30N2O7S/c1-17(18-3-6-22-23(16-18)33-14-13-32-22)25-24(27)8-4-19-15-20(5-7-21(19)30-2)34(28,29)26-9-11-31-12-10-26/h3,5-7,15-17H,4,8-14H2,1-2H3,(H,25,27)/t17-/m0/s1. The zero-order valence-corrected chi connectivity index (χ0v) is 20.2. The molecule has 2 aromatic rings. The molecule has 1 fully saturated rings. The molecular formula is C24H30N2O7S. The van der Waals surface area contributed by atoms with Gasteiger partial charge in [-0.25, -0.2) is 8.42 Å². The van der Waals surface area contributed by atoms with Gasteiger partial charge in [-0.05, 0) is 54.8 Å². The molecule has 1 N–H and O–H groups in total. The molecule has 1 saturated heterocycles. The Morgan fingerprint density at radius 1 is 1.06 bits per heavy atom. The number of rotatable bonds is 8. The summed E-state index contributed by atoms with van der Waals surface area (Å²) in [7, 11) is -2.11. The number of nitrogens with one attached hydrogen (secondary N) is 1. The molecule has 0 radical (unpaired) electrons. The van der Waals surface area contributed by atoms with Crippen LogP contribution in [-0.4, -0.2) is 65.3 Å². The molecule has 2 aliphatic rings. The van der Waals surface area contributed by atoms with Crippen molar-refractivity contribution in [3.05, 3.63) is 47.5 Å². The van der Waals surface area contributed by atoms with Gasteiger partial charge < -0.3 is 24.3 Å². The molecule has 34 heavy (non-hydrogen) atoms. The Morgan fingerprint density at radius 3 is 2.53 bits per heavy atom. The Balaban J connectivity index is 1.41. The lowest BCUT2D eigenvalue weighted by molar-refractivity contribution is -0.121. The topological polar surface area (TPSA) is 103 Å². The number of ether oxygens (including phenoxy) is 4. The summed E-state index contributed by atoms with van der Waals surface area (Å²) in [6.07, 6.45) is 0.529. The number of carbonyl (C=O) groups is 1. The highest BCUT2D eigenvalue weighted by molar-refractivity contribution is 7.89. The zero-order valence-electron chi connectivity index (χ0n) is 19.4. The van der Waals surface area contributed by atoms with Crippen LogP contribution in [0.4, 0.5) is 0 Å². The molecule has 0 aliphatic carbocycles. The monoisotopic (exact) mass is 490 g/mol. The maximum Gasteiger partial charge on any atom is 0.243 e. The number of sulfonamides is 1. The van der Waals surface area contributed by atoms with Crippen molar-refractivity contribution in [3.8, 4) is 17.2 Å². The fourth-order valence-corrected chi connectivity index (χ4v) is 5.48. The van der Waals surface area contributed by atoms with E-state index in [0.717, 1.165) is 5.56 Å². The highest BCUT2D eigenvalue weighted by Crippen LogP contribution is 2.32. The van der Waals surface area contributed by atoms with Crippen molar-refractivity contribution in [1.29, 1.82) is 0 Å². The molecule has 184 valence electrons. The number of fused-ring (bicyclic) bond motifs is 1. The number of carbonyl (C=O) groups excluding carboxylic acids is 1. The van der Waals surface area contributed by atoms with E-state index in [4.69, 9.17) is 18.9 Å². The van der Waals surface area contributed by atoms with E-state index in [0.29, 0.717) is 68.7 Å². The number of amides is 1. The van der Waals surface area contributed by atoms with Gasteiger partial charge in [0, 0.05) is 19.5 Å².